The van der Waals surface area contributed by atoms with Crippen molar-refractivity contribution < 1.29 is 14.5 Å². The van der Waals surface area contributed by atoms with E-state index in [1.54, 1.807) is 20.1 Å². The number of nitro groups is 1. The predicted molar refractivity (Wildman–Crippen MR) is 100 cm³/mol. The molecular weight excluding hydrogens is 336 g/mol. The second kappa shape index (κ2) is 8.61. The van der Waals surface area contributed by atoms with Gasteiger partial charge in [-0.25, -0.2) is 5.90 Å². The van der Waals surface area contributed by atoms with Crippen molar-refractivity contribution >= 4 is 17.1 Å². The van der Waals surface area contributed by atoms with Crippen molar-refractivity contribution in [1.29, 1.82) is 0 Å². The lowest BCUT2D eigenvalue weighted by molar-refractivity contribution is -0.384. The molecule has 0 aromatic heterocycles. The molecule has 8 heteroatoms. The lowest BCUT2D eigenvalue weighted by atomic mass is 10.1. The number of hydrogen-bond acceptors (Lipinski definition) is 7. The molecule has 2 aromatic rings. The van der Waals surface area contributed by atoms with Gasteiger partial charge in [0, 0.05) is 12.1 Å². The number of hydrogen-bond donors (Lipinski definition) is 3. The van der Waals surface area contributed by atoms with Crippen molar-refractivity contribution in [3.63, 3.8) is 0 Å². The summed E-state index contributed by atoms with van der Waals surface area (Å²) in [5.74, 6) is 5.74. The first-order chi connectivity index (χ1) is 12.3. The second-order valence-corrected chi connectivity index (χ2v) is 6.03. The summed E-state index contributed by atoms with van der Waals surface area (Å²) >= 11 is 0. The van der Waals surface area contributed by atoms with Crippen molar-refractivity contribution in [3.8, 4) is 5.75 Å². The molecular formula is C18H24N4O4. The third-order valence-corrected chi connectivity index (χ3v) is 4.03. The minimum absolute atomic E-state index is 0.0268. The Morgan fingerprint density at radius 1 is 1.15 bits per heavy atom. The van der Waals surface area contributed by atoms with Crippen LogP contribution < -0.4 is 21.3 Å². The molecule has 140 valence electrons. The molecule has 0 aliphatic carbocycles. The number of nitro benzene ring substituents is 1. The molecule has 0 radical (unpaired) electrons. The molecule has 4 N–H and O–H groups in total. The molecule has 0 bridgehead atoms. The molecule has 0 heterocycles. The summed E-state index contributed by atoms with van der Waals surface area (Å²) in [6.07, 6.45) is -0.376. The number of ether oxygens (including phenoxy) is 1. The second-order valence-electron chi connectivity index (χ2n) is 6.03. The van der Waals surface area contributed by atoms with Gasteiger partial charge in [-0.1, -0.05) is 12.1 Å². The van der Waals surface area contributed by atoms with E-state index in [4.69, 9.17) is 10.6 Å². The summed E-state index contributed by atoms with van der Waals surface area (Å²) in [7, 11) is 1.56. The van der Waals surface area contributed by atoms with E-state index < -0.39 is 4.92 Å². The Morgan fingerprint density at radius 2 is 1.88 bits per heavy atom. The Labute approximate surface area is 152 Å². The van der Waals surface area contributed by atoms with E-state index in [0.717, 1.165) is 11.1 Å². The molecule has 2 unspecified atom stereocenters. The number of nitrogens with zero attached hydrogens (tertiary/aromatic N) is 1. The fourth-order valence-corrected chi connectivity index (χ4v) is 2.63. The van der Waals surface area contributed by atoms with Crippen molar-refractivity contribution in [3.05, 3.63) is 57.6 Å². The number of rotatable bonds is 8. The number of anilines is 2. The van der Waals surface area contributed by atoms with Gasteiger partial charge in [0.25, 0.3) is 5.69 Å². The molecule has 0 aliphatic heterocycles. The molecule has 0 aliphatic rings. The number of nitrogens with two attached hydrogens (primary N) is 1. The van der Waals surface area contributed by atoms with Gasteiger partial charge in [0.2, 0.25) is 0 Å². The number of aryl methyl sites for hydroxylation is 1. The van der Waals surface area contributed by atoms with E-state index in [0.29, 0.717) is 17.1 Å². The maximum atomic E-state index is 11.6. The highest BCUT2D eigenvalue weighted by Crippen LogP contribution is 2.34. The van der Waals surface area contributed by atoms with Crippen LogP contribution in [0.2, 0.25) is 0 Å². The van der Waals surface area contributed by atoms with E-state index in [2.05, 4.69) is 15.5 Å². The van der Waals surface area contributed by atoms with E-state index in [1.165, 1.54) is 6.07 Å². The normalized spacial score (nSPS) is 13.1. The molecule has 2 aromatic carbocycles. The van der Waals surface area contributed by atoms with Crippen LogP contribution >= 0.6 is 0 Å². The molecule has 0 saturated carbocycles. The molecule has 0 spiro atoms. The Kier molecular flexibility index (Phi) is 6.51. The highest BCUT2D eigenvalue weighted by Gasteiger charge is 2.19. The predicted octanol–water partition coefficient (Wildman–Crippen LogP) is 3.54. The average Bonchev–Trinajstić information content (AvgIpc) is 2.61. The van der Waals surface area contributed by atoms with E-state index in [1.807, 2.05) is 38.1 Å². The van der Waals surface area contributed by atoms with Crippen LogP contribution in [0.1, 0.15) is 31.0 Å². The van der Waals surface area contributed by atoms with Crippen LogP contribution in [0, 0.1) is 17.0 Å². The summed E-state index contributed by atoms with van der Waals surface area (Å²) < 4.78 is 5.32. The van der Waals surface area contributed by atoms with Gasteiger partial charge in [-0.3, -0.25) is 20.3 Å². The minimum Gasteiger partial charge on any atom is -0.495 e. The first-order valence-electron chi connectivity index (χ1n) is 8.17. The van der Waals surface area contributed by atoms with E-state index >= 15 is 0 Å². The maximum Gasteiger partial charge on any atom is 0.292 e. The Hall–Kier alpha value is -2.68. The first-order valence-corrected chi connectivity index (χ1v) is 8.17. The quantitative estimate of drug-likeness (QED) is 0.375. The summed E-state index contributed by atoms with van der Waals surface area (Å²) in [6, 6.07) is 10.5. The molecule has 26 heavy (non-hydrogen) atoms. The zero-order valence-corrected chi connectivity index (χ0v) is 15.3. The van der Waals surface area contributed by atoms with Gasteiger partial charge >= 0.3 is 0 Å². The molecule has 0 amide bonds. The van der Waals surface area contributed by atoms with Gasteiger partial charge in [-0.05, 0) is 50.1 Å². The van der Waals surface area contributed by atoms with Crippen molar-refractivity contribution in [2.75, 3.05) is 12.4 Å². The topological polar surface area (TPSA) is 112 Å². The number of benzene rings is 2. The van der Waals surface area contributed by atoms with Gasteiger partial charge in [0.05, 0.1) is 17.7 Å². The summed E-state index contributed by atoms with van der Waals surface area (Å²) in [4.78, 5) is 15.8. The molecule has 0 fully saturated rings. The standard InChI is InChI=1S/C18H24N4O4/c1-11-5-8-18(25-4)16(9-11)21-15-7-6-14(10-17(15)22(23)24)12(2)20-13(3)26-19/h5-10,12-13,20-21H,19H2,1-4H3. The van der Waals surface area contributed by atoms with E-state index in [-0.39, 0.29) is 18.0 Å². The van der Waals surface area contributed by atoms with Crippen LogP contribution in [-0.2, 0) is 4.84 Å². The lowest BCUT2D eigenvalue weighted by Gasteiger charge is -2.19. The zero-order chi connectivity index (χ0) is 19.3. The Balaban J connectivity index is 2.35. The first kappa shape index (κ1) is 19.6. The largest absolute Gasteiger partial charge is 0.495 e. The summed E-state index contributed by atoms with van der Waals surface area (Å²) in [5.41, 5.74) is 2.79. The highest BCUT2D eigenvalue weighted by atomic mass is 16.6. The number of methoxy groups -OCH3 is 1. The van der Waals surface area contributed by atoms with Gasteiger partial charge in [0.1, 0.15) is 17.7 Å². The van der Waals surface area contributed by atoms with Crippen molar-refractivity contribution in [2.24, 2.45) is 5.90 Å². The average molecular weight is 360 g/mol. The molecule has 8 nitrogen and oxygen atoms in total. The summed E-state index contributed by atoms with van der Waals surface area (Å²) in [5, 5.41) is 17.8. The number of nitrogens with one attached hydrogen (secondary N) is 2. The van der Waals surface area contributed by atoms with Crippen LogP contribution in [0.5, 0.6) is 5.75 Å². The van der Waals surface area contributed by atoms with Gasteiger partial charge in [-0.2, -0.15) is 0 Å². The SMILES string of the molecule is COc1ccc(C)cc1Nc1ccc(C(C)NC(C)ON)cc1[N+](=O)[O-]. The fraction of sp³-hybridized carbons (Fsp3) is 0.333. The van der Waals surface area contributed by atoms with Crippen LogP contribution in [-0.4, -0.2) is 18.3 Å². The van der Waals surface area contributed by atoms with Crippen molar-refractivity contribution in [1.82, 2.24) is 5.32 Å². The lowest BCUT2D eigenvalue weighted by Crippen LogP contribution is -2.33. The molecule has 2 rings (SSSR count). The van der Waals surface area contributed by atoms with Crippen LogP contribution in [0.3, 0.4) is 0 Å². The van der Waals surface area contributed by atoms with Crippen LogP contribution in [0.25, 0.3) is 0 Å². The highest BCUT2D eigenvalue weighted by molar-refractivity contribution is 5.74. The third kappa shape index (κ3) is 4.69. The Bertz CT molecular complexity index is 782. The van der Waals surface area contributed by atoms with E-state index in [9.17, 15) is 10.1 Å². The summed E-state index contributed by atoms with van der Waals surface area (Å²) in [6.45, 7) is 5.58. The minimum atomic E-state index is -0.413. The van der Waals surface area contributed by atoms with Gasteiger partial charge in [0.15, 0.2) is 0 Å². The van der Waals surface area contributed by atoms with Gasteiger partial charge < -0.3 is 10.1 Å². The third-order valence-electron chi connectivity index (χ3n) is 4.03. The fourth-order valence-electron chi connectivity index (χ4n) is 2.63. The van der Waals surface area contributed by atoms with Crippen LogP contribution in [0.4, 0.5) is 17.1 Å². The smallest absolute Gasteiger partial charge is 0.292 e. The van der Waals surface area contributed by atoms with Crippen LogP contribution in [0.15, 0.2) is 36.4 Å². The zero-order valence-electron chi connectivity index (χ0n) is 15.3. The molecule has 0 saturated heterocycles. The van der Waals surface area contributed by atoms with Crippen molar-refractivity contribution in [2.45, 2.75) is 33.0 Å². The monoisotopic (exact) mass is 360 g/mol. The maximum absolute atomic E-state index is 11.6. The Morgan fingerprint density at radius 3 is 2.50 bits per heavy atom. The molecule has 2 atom stereocenters. The van der Waals surface area contributed by atoms with Gasteiger partial charge in [-0.15, -0.1) is 0 Å².